The van der Waals surface area contributed by atoms with E-state index in [1.54, 1.807) is 24.3 Å². The topological polar surface area (TPSA) is 35.5 Å². The normalized spacial score (nSPS) is 10.7. The first kappa shape index (κ1) is 13.5. The molecule has 0 aliphatic rings. The molecule has 0 amide bonds. The van der Waals surface area contributed by atoms with Crippen molar-refractivity contribution in [2.24, 2.45) is 0 Å². The fourth-order valence-corrected chi connectivity index (χ4v) is 1.30. The Bertz CT molecular complexity index is 366. The lowest BCUT2D eigenvalue weighted by Gasteiger charge is -2.04. The van der Waals surface area contributed by atoms with Crippen LogP contribution < -0.4 is 4.74 Å². The Morgan fingerprint density at radius 3 is 2.59 bits per heavy atom. The average molecular weight is 234 g/mol. The van der Waals surface area contributed by atoms with Crippen LogP contribution in [0.4, 0.5) is 0 Å². The average Bonchev–Trinajstić information content (AvgIpc) is 2.36. The number of hydrogen-bond donors (Lipinski definition) is 0. The number of ketones is 1. The zero-order valence-electron chi connectivity index (χ0n) is 10.3. The molecule has 0 aliphatic heterocycles. The zero-order chi connectivity index (χ0) is 12.5. The van der Waals surface area contributed by atoms with Gasteiger partial charge in [-0.2, -0.15) is 0 Å². The maximum atomic E-state index is 11.7. The fraction of sp³-hybridized carbons (Fsp3) is 0.357. The molecule has 0 atom stereocenters. The molecule has 0 N–H and O–H groups in total. The highest BCUT2D eigenvalue weighted by atomic mass is 16.5. The van der Waals surface area contributed by atoms with Crippen LogP contribution in [-0.4, -0.2) is 25.6 Å². The molecule has 3 heteroatoms. The molecule has 0 fully saturated rings. The van der Waals surface area contributed by atoms with Gasteiger partial charge in [-0.3, -0.25) is 4.79 Å². The van der Waals surface area contributed by atoms with Gasteiger partial charge >= 0.3 is 0 Å². The van der Waals surface area contributed by atoms with Crippen LogP contribution in [0.15, 0.2) is 36.4 Å². The Kier molecular flexibility index (Phi) is 6.04. The van der Waals surface area contributed by atoms with Gasteiger partial charge in [-0.05, 0) is 38.1 Å². The number of rotatable bonds is 7. The molecule has 0 saturated heterocycles. The van der Waals surface area contributed by atoms with Gasteiger partial charge in [0.2, 0.25) is 0 Å². The third-order valence-electron chi connectivity index (χ3n) is 2.17. The number of carbonyl (C=O) groups is 1. The minimum absolute atomic E-state index is 0.0162. The Morgan fingerprint density at radius 1 is 1.29 bits per heavy atom. The predicted molar refractivity (Wildman–Crippen MR) is 67.6 cm³/mol. The van der Waals surface area contributed by atoms with E-state index in [-0.39, 0.29) is 12.4 Å². The summed E-state index contributed by atoms with van der Waals surface area (Å²) in [5.41, 5.74) is 0.647. The first-order valence-corrected chi connectivity index (χ1v) is 5.73. The number of allylic oxidation sites excluding steroid dienone is 1. The van der Waals surface area contributed by atoms with E-state index in [0.29, 0.717) is 18.8 Å². The predicted octanol–water partition coefficient (Wildman–Crippen LogP) is 2.86. The van der Waals surface area contributed by atoms with Gasteiger partial charge in [0.25, 0.3) is 0 Å². The minimum atomic E-state index is -0.0162. The van der Waals surface area contributed by atoms with Gasteiger partial charge in [0, 0.05) is 5.56 Å². The van der Waals surface area contributed by atoms with Crippen LogP contribution in [0.5, 0.6) is 5.75 Å². The van der Waals surface area contributed by atoms with Crippen molar-refractivity contribution in [3.63, 3.8) is 0 Å². The third kappa shape index (κ3) is 4.83. The molecule has 3 nitrogen and oxygen atoms in total. The molecule has 0 unspecified atom stereocenters. The second-order valence-electron chi connectivity index (χ2n) is 3.46. The van der Waals surface area contributed by atoms with E-state index in [0.717, 1.165) is 5.75 Å². The highest BCUT2D eigenvalue weighted by Gasteiger charge is 2.05. The van der Waals surface area contributed by atoms with Crippen LogP contribution in [-0.2, 0) is 4.74 Å². The van der Waals surface area contributed by atoms with Gasteiger partial charge in [0.05, 0.1) is 13.2 Å². The minimum Gasteiger partial charge on any atom is -0.494 e. The third-order valence-corrected chi connectivity index (χ3v) is 2.17. The van der Waals surface area contributed by atoms with Gasteiger partial charge in [0.1, 0.15) is 12.4 Å². The van der Waals surface area contributed by atoms with Crippen molar-refractivity contribution >= 4 is 5.78 Å². The summed E-state index contributed by atoms with van der Waals surface area (Å²) in [5, 5.41) is 0. The largest absolute Gasteiger partial charge is 0.494 e. The van der Waals surface area contributed by atoms with Crippen LogP contribution in [0.2, 0.25) is 0 Å². The van der Waals surface area contributed by atoms with Crippen molar-refractivity contribution < 1.29 is 14.3 Å². The van der Waals surface area contributed by atoms with Crippen LogP contribution in [0, 0.1) is 0 Å². The first-order valence-electron chi connectivity index (χ1n) is 5.73. The van der Waals surface area contributed by atoms with Crippen LogP contribution in [0.3, 0.4) is 0 Å². The van der Waals surface area contributed by atoms with Gasteiger partial charge in [0.15, 0.2) is 5.78 Å². The molecule has 1 aromatic carbocycles. The van der Waals surface area contributed by atoms with Crippen molar-refractivity contribution in [2.75, 3.05) is 19.8 Å². The van der Waals surface area contributed by atoms with Crippen molar-refractivity contribution in [2.45, 2.75) is 13.8 Å². The molecule has 92 valence electrons. The van der Waals surface area contributed by atoms with E-state index in [1.807, 2.05) is 26.0 Å². The summed E-state index contributed by atoms with van der Waals surface area (Å²) in [6, 6.07) is 7.10. The Hall–Kier alpha value is -1.61. The maximum Gasteiger partial charge on any atom is 0.188 e. The van der Waals surface area contributed by atoms with E-state index < -0.39 is 0 Å². The van der Waals surface area contributed by atoms with Crippen molar-refractivity contribution in [1.82, 2.24) is 0 Å². The van der Waals surface area contributed by atoms with E-state index in [4.69, 9.17) is 9.47 Å². The summed E-state index contributed by atoms with van der Waals surface area (Å²) >= 11 is 0. The number of carbonyl (C=O) groups excluding carboxylic acids is 1. The summed E-state index contributed by atoms with van der Waals surface area (Å²) in [7, 11) is 0. The highest BCUT2D eigenvalue weighted by Crippen LogP contribution is 2.12. The lowest BCUT2D eigenvalue weighted by Crippen LogP contribution is -2.09. The molecule has 17 heavy (non-hydrogen) atoms. The monoisotopic (exact) mass is 234 g/mol. The molecule has 0 aliphatic carbocycles. The molecule has 0 radical (unpaired) electrons. The molecule has 0 aromatic heterocycles. The van der Waals surface area contributed by atoms with Crippen LogP contribution in [0.25, 0.3) is 0 Å². The molecular formula is C14H18O3. The van der Waals surface area contributed by atoms with E-state index >= 15 is 0 Å². The molecule has 0 heterocycles. The Morgan fingerprint density at radius 2 is 2.00 bits per heavy atom. The van der Waals surface area contributed by atoms with Crippen molar-refractivity contribution in [3.05, 3.63) is 42.0 Å². The zero-order valence-corrected chi connectivity index (χ0v) is 10.3. The standard InChI is InChI=1S/C14H18O3/c1-3-5-10-16-11-14(15)12-6-8-13(9-7-12)17-4-2/h3,5-9H,4,10-11H2,1-2H3. The first-order chi connectivity index (χ1) is 8.27. The van der Waals surface area contributed by atoms with Gasteiger partial charge in [-0.1, -0.05) is 12.2 Å². The molecule has 1 rings (SSSR count). The number of benzene rings is 1. The van der Waals surface area contributed by atoms with E-state index in [1.165, 1.54) is 0 Å². The van der Waals surface area contributed by atoms with Gasteiger partial charge < -0.3 is 9.47 Å². The molecular weight excluding hydrogens is 216 g/mol. The number of Topliss-reactive ketones (excluding diaryl/α,β-unsaturated/α-hetero) is 1. The van der Waals surface area contributed by atoms with Crippen LogP contribution >= 0.6 is 0 Å². The lowest BCUT2D eigenvalue weighted by molar-refractivity contribution is 0.0806. The second kappa shape index (κ2) is 7.63. The van der Waals surface area contributed by atoms with Crippen molar-refractivity contribution in [3.8, 4) is 5.75 Å². The molecule has 0 bridgehead atoms. The van der Waals surface area contributed by atoms with Crippen LogP contribution in [0.1, 0.15) is 24.2 Å². The molecule has 0 spiro atoms. The molecule has 1 aromatic rings. The highest BCUT2D eigenvalue weighted by molar-refractivity contribution is 5.97. The summed E-state index contributed by atoms with van der Waals surface area (Å²) in [6.45, 7) is 5.04. The Balaban J connectivity index is 2.46. The maximum absolute atomic E-state index is 11.7. The summed E-state index contributed by atoms with van der Waals surface area (Å²) < 4.78 is 10.5. The van der Waals surface area contributed by atoms with E-state index in [2.05, 4.69) is 0 Å². The van der Waals surface area contributed by atoms with Gasteiger partial charge in [-0.25, -0.2) is 0 Å². The summed E-state index contributed by atoms with van der Waals surface area (Å²) in [4.78, 5) is 11.7. The smallest absolute Gasteiger partial charge is 0.188 e. The quantitative estimate of drug-likeness (QED) is 0.413. The second-order valence-corrected chi connectivity index (χ2v) is 3.46. The van der Waals surface area contributed by atoms with Gasteiger partial charge in [-0.15, -0.1) is 0 Å². The Labute approximate surface area is 102 Å². The number of hydrogen-bond acceptors (Lipinski definition) is 3. The summed E-state index contributed by atoms with van der Waals surface area (Å²) in [6.07, 6.45) is 3.76. The lowest BCUT2D eigenvalue weighted by atomic mass is 10.1. The van der Waals surface area contributed by atoms with E-state index in [9.17, 15) is 4.79 Å². The van der Waals surface area contributed by atoms with Crippen molar-refractivity contribution in [1.29, 1.82) is 0 Å². The molecule has 0 saturated carbocycles. The SMILES string of the molecule is CC=CCOCC(=O)c1ccc(OCC)cc1. The fourth-order valence-electron chi connectivity index (χ4n) is 1.30. The summed E-state index contributed by atoms with van der Waals surface area (Å²) in [5.74, 6) is 0.761. The number of ether oxygens (including phenoxy) is 2.